The molecule has 3 aromatic heterocycles. The van der Waals surface area contributed by atoms with Crippen LogP contribution in [-0.4, -0.2) is 25.9 Å². The van der Waals surface area contributed by atoms with Crippen LogP contribution in [0.15, 0.2) is 53.5 Å². The second kappa shape index (κ2) is 5.79. The van der Waals surface area contributed by atoms with Gasteiger partial charge in [-0.05, 0) is 49.6 Å². The van der Waals surface area contributed by atoms with Gasteiger partial charge < -0.3 is 9.47 Å². The Labute approximate surface area is 161 Å². The molecule has 140 valence electrons. The molecule has 4 heterocycles. The van der Waals surface area contributed by atoms with Crippen LogP contribution in [0.25, 0.3) is 16.7 Å². The Morgan fingerprint density at radius 3 is 2.75 bits per heavy atom. The number of fused-ring (bicyclic) bond motifs is 3. The van der Waals surface area contributed by atoms with E-state index >= 15 is 0 Å². The third kappa shape index (κ3) is 2.17. The fourth-order valence-electron chi connectivity index (χ4n) is 4.23. The smallest absolute Gasteiger partial charge is 0.275 e. The van der Waals surface area contributed by atoms with Crippen molar-refractivity contribution in [3.05, 3.63) is 75.8 Å². The molecule has 0 fully saturated rings. The monoisotopic (exact) mass is 372 g/mol. The van der Waals surface area contributed by atoms with Gasteiger partial charge in [0.15, 0.2) is 0 Å². The average molecular weight is 372 g/mol. The second-order valence-corrected chi connectivity index (χ2v) is 7.48. The molecule has 5 rings (SSSR count). The van der Waals surface area contributed by atoms with Crippen LogP contribution in [0.4, 0.5) is 5.69 Å². The van der Waals surface area contributed by atoms with Crippen LogP contribution in [0.1, 0.15) is 28.5 Å². The van der Waals surface area contributed by atoms with Crippen molar-refractivity contribution in [3.8, 4) is 0 Å². The van der Waals surface area contributed by atoms with Gasteiger partial charge in [-0.2, -0.15) is 0 Å². The number of para-hydroxylation sites is 1. The molecule has 0 N–H and O–H groups in total. The molecule has 1 amide bonds. The summed E-state index contributed by atoms with van der Waals surface area (Å²) < 4.78 is 3.28. The normalized spacial score (nSPS) is 16.1. The Balaban J connectivity index is 1.72. The van der Waals surface area contributed by atoms with Crippen LogP contribution >= 0.6 is 0 Å². The van der Waals surface area contributed by atoms with E-state index in [4.69, 9.17) is 0 Å². The number of pyridine rings is 1. The molecule has 0 aliphatic carbocycles. The van der Waals surface area contributed by atoms with Crippen LogP contribution in [0.5, 0.6) is 0 Å². The lowest BCUT2D eigenvalue weighted by atomic mass is 10.1. The Hall–Kier alpha value is -3.41. The Morgan fingerprint density at radius 2 is 1.93 bits per heavy atom. The van der Waals surface area contributed by atoms with E-state index < -0.39 is 0 Å². The number of anilines is 1. The number of carbonyl (C=O) groups is 1. The van der Waals surface area contributed by atoms with Gasteiger partial charge >= 0.3 is 0 Å². The number of aromatic nitrogens is 3. The summed E-state index contributed by atoms with van der Waals surface area (Å²) in [6.07, 6.45) is 2.54. The van der Waals surface area contributed by atoms with Gasteiger partial charge in [0.05, 0.1) is 5.39 Å². The molecule has 4 aromatic rings. The van der Waals surface area contributed by atoms with E-state index in [9.17, 15) is 9.59 Å². The van der Waals surface area contributed by atoms with Crippen molar-refractivity contribution in [2.24, 2.45) is 7.05 Å². The van der Waals surface area contributed by atoms with E-state index in [0.717, 1.165) is 17.7 Å². The quantitative estimate of drug-likeness (QED) is 0.516. The lowest BCUT2D eigenvalue weighted by Crippen LogP contribution is -2.36. The zero-order valence-corrected chi connectivity index (χ0v) is 16.0. The Bertz CT molecular complexity index is 1330. The van der Waals surface area contributed by atoms with E-state index in [-0.39, 0.29) is 17.5 Å². The lowest BCUT2D eigenvalue weighted by Gasteiger charge is -2.22. The zero-order chi connectivity index (χ0) is 19.6. The zero-order valence-electron chi connectivity index (χ0n) is 16.0. The minimum atomic E-state index is -0.159. The SMILES string of the molecule is Cc1cccn2c(=O)c3cc(C(=O)N4c5ccccc5C[C@H]4C)n(C)c3nc12. The van der Waals surface area contributed by atoms with E-state index in [1.54, 1.807) is 28.3 Å². The first-order chi connectivity index (χ1) is 13.5. The van der Waals surface area contributed by atoms with Crippen LogP contribution in [0.2, 0.25) is 0 Å². The lowest BCUT2D eigenvalue weighted by molar-refractivity contribution is 0.0974. The van der Waals surface area contributed by atoms with Crippen molar-refractivity contribution in [2.75, 3.05) is 4.90 Å². The van der Waals surface area contributed by atoms with Crippen molar-refractivity contribution in [2.45, 2.75) is 26.3 Å². The van der Waals surface area contributed by atoms with Crippen molar-refractivity contribution in [1.82, 2.24) is 14.0 Å². The van der Waals surface area contributed by atoms with Crippen molar-refractivity contribution < 1.29 is 4.79 Å². The van der Waals surface area contributed by atoms with Gasteiger partial charge in [0, 0.05) is 25.0 Å². The molecule has 0 spiro atoms. The summed E-state index contributed by atoms with van der Waals surface area (Å²) >= 11 is 0. The van der Waals surface area contributed by atoms with Gasteiger partial charge in [-0.15, -0.1) is 0 Å². The van der Waals surface area contributed by atoms with Gasteiger partial charge in [-0.1, -0.05) is 24.3 Å². The number of rotatable bonds is 1. The Morgan fingerprint density at radius 1 is 1.14 bits per heavy atom. The van der Waals surface area contributed by atoms with Gasteiger partial charge in [0.2, 0.25) is 0 Å². The molecular formula is C22H20N4O2. The third-order valence-electron chi connectivity index (χ3n) is 5.67. The van der Waals surface area contributed by atoms with Crippen LogP contribution < -0.4 is 10.5 Å². The summed E-state index contributed by atoms with van der Waals surface area (Å²) in [5.74, 6) is -0.108. The standard InChI is InChI=1S/C22H20N4O2/c1-13-7-6-10-25-19(13)23-20-16(21(25)27)12-18(24(20)3)22(28)26-14(2)11-15-8-4-5-9-17(15)26/h4-10,12,14H,11H2,1-3H3/t14-/m1/s1. The predicted octanol–water partition coefficient (Wildman–Crippen LogP) is 3.09. The number of aryl methyl sites for hydroxylation is 2. The minimum Gasteiger partial charge on any atom is -0.324 e. The van der Waals surface area contributed by atoms with Crippen LogP contribution in [-0.2, 0) is 13.5 Å². The van der Waals surface area contributed by atoms with E-state index in [0.29, 0.717) is 22.4 Å². The number of benzene rings is 1. The molecule has 28 heavy (non-hydrogen) atoms. The minimum absolute atomic E-state index is 0.0679. The molecule has 0 saturated carbocycles. The van der Waals surface area contributed by atoms with Crippen LogP contribution in [0, 0.1) is 6.92 Å². The fraction of sp³-hybridized carbons (Fsp3) is 0.227. The maximum Gasteiger partial charge on any atom is 0.275 e. The Kier molecular flexibility index (Phi) is 3.46. The van der Waals surface area contributed by atoms with Gasteiger partial charge in [-0.25, -0.2) is 4.98 Å². The largest absolute Gasteiger partial charge is 0.324 e. The molecule has 1 aliphatic rings. The molecule has 6 nitrogen and oxygen atoms in total. The number of amides is 1. The summed E-state index contributed by atoms with van der Waals surface area (Å²) in [7, 11) is 1.80. The summed E-state index contributed by atoms with van der Waals surface area (Å²) in [4.78, 5) is 33.0. The first-order valence-electron chi connectivity index (χ1n) is 9.36. The summed E-state index contributed by atoms with van der Waals surface area (Å²) in [6, 6.07) is 13.5. The third-order valence-corrected chi connectivity index (χ3v) is 5.67. The summed E-state index contributed by atoms with van der Waals surface area (Å²) in [5.41, 5.74) is 4.48. The van der Waals surface area contributed by atoms with Crippen molar-refractivity contribution >= 4 is 28.3 Å². The highest BCUT2D eigenvalue weighted by molar-refractivity contribution is 6.09. The predicted molar refractivity (Wildman–Crippen MR) is 109 cm³/mol. The highest BCUT2D eigenvalue weighted by atomic mass is 16.2. The van der Waals surface area contributed by atoms with E-state index in [1.807, 2.05) is 49.1 Å². The molecule has 0 bridgehead atoms. The number of carbonyl (C=O) groups excluding carboxylic acids is 1. The van der Waals surface area contributed by atoms with Gasteiger partial charge in [0.1, 0.15) is 17.0 Å². The van der Waals surface area contributed by atoms with E-state index in [2.05, 4.69) is 11.1 Å². The van der Waals surface area contributed by atoms with Crippen molar-refractivity contribution in [1.29, 1.82) is 0 Å². The highest BCUT2D eigenvalue weighted by Crippen LogP contribution is 2.33. The number of hydrogen-bond donors (Lipinski definition) is 0. The average Bonchev–Trinajstić information content (AvgIpc) is 3.19. The van der Waals surface area contributed by atoms with Gasteiger partial charge in [0.25, 0.3) is 11.5 Å². The first kappa shape index (κ1) is 16.7. The molecular weight excluding hydrogens is 352 g/mol. The molecule has 1 aliphatic heterocycles. The molecule has 0 saturated heterocycles. The van der Waals surface area contributed by atoms with Gasteiger partial charge in [-0.3, -0.25) is 14.0 Å². The topological polar surface area (TPSA) is 59.6 Å². The maximum atomic E-state index is 13.5. The molecule has 0 radical (unpaired) electrons. The summed E-state index contributed by atoms with van der Waals surface area (Å²) in [5, 5.41) is 0.453. The maximum absolute atomic E-state index is 13.5. The summed E-state index contributed by atoms with van der Waals surface area (Å²) in [6.45, 7) is 3.97. The number of hydrogen-bond acceptors (Lipinski definition) is 3. The first-order valence-corrected chi connectivity index (χ1v) is 9.36. The van der Waals surface area contributed by atoms with Crippen LogP contribution in [0.3, 0.4) is 0 Å². The molecule has 0 unspecified atom stereocenters. The van der Waals surface area contributed by atoms with E-state index in [1.165, 1.54) is 5.56 Å². The second-order valence-electron chi connectivity index (χ2n) is 7.48. The molecule has 1 aromatic carbocycles. The molecule has 6 heteroatoms. The number of nitrogens with zero attached hydrogens (tertiary/aromatic N) is 4. The van der Waals surface area contributed by atoms with Crippen molar-refractivity contribution in [3.63, 3.8) is 0 Å². The highest BCUT2D eigenvalue weighted by Gasteiger charge is 2.33. The fourth-order valence-corrected chi connectivity index (χ4v) is 4.23. The molecule has 1 atom stereocenters.